The fraction of sp³-hybridized carbons (Fsp3) is 0.333. The molecule has 1 heterocycles. The van der Waals surface area contributed by atoms with Crippen LogP contribution >= 0.6 is 15.9 Å². The lowest BCUT2D eigenvalue weighted by molar-refractivity contribution is 0.868. The third-order valence-corrected chi connectivity index (χ3v) is 3.60. The summed E-state index contributed by atoms with van der Waals surface area (Å²) in [5, 5.41) is 1.07. The number of halogens is 1. The fourth-order valence-electron chi connectivity index (χ4n) is 1.81. The normalized spacial score (nSPS) is 15.4. The second-order valence-electron chi connectivity index (χ2n) is 4.19. The van der Waals surface area contributed by atoms with Gasteiger partial charge in [0, 0.05) is 29.1 Å². The summed E-state index contributed by atoms with van der Waals surface area (Å²) in [7, 11) is 2.07. The molecule has 0 amide bonds. The van der Waals surface area contributed by atoms with Crippen molar-refractivity contribution in [2.45, 2.75) is 18.9 Å². The minimum Gasteiger partial charge on any atom is -0.341 e. The predicted molar refractivity (Wildman–Crippen MR) is 68.7 cm³/mol. The maximum Gasteiger partial charge on any atom is 0.225 e. The SMILES string of the molecule is CN(c1ncc2cccc(Br)c2n1)C1CC1. The third kappa shape index (κ3) is 1.67. The molecule has 0 atom stereocenters. The van der Waals surface area contributed by atoms with Gasteiger partial charge in [0.05, 0.1) is 5.52 Å². The molecule has 1 aliphatic carbocycles. The van der Waals surface area contributed by atoms with E-state index in [0.29, 0.717) is 6.04 Å². The van der Waals surface area contributed by atoms with Gasteiger partial charge in [0.25, 0.3) is 0 Å². The van der Waals surface area contributed by atoms with E-state index in [2.05, 4.69) is 37.8 Å². The Kier molecular flexibility index (Phi) is 2.32. The molecule has 16 heavy (non-hydrogen) atoms. The second-order valence-corrected chi connectivity index (χ2v) is 5.04. The van der Waals surface area contributed by atoms with Gasteiger partial charge in [-0.05, 0) is 34.8 Å². The van der Waals surface area contributed by atoms with Crippen LogP contribution in [0, 0.1) is 0 Å². The van der Waals surface area contributed by atoms with E-state index in [-0.39, 0.29) is 0 Å². The lowest BCUT2D eigenvalue weighted by Gasteiger charge is -2.16. The van der Waals surface area contributed by atoms with Crippen LogP contribution in [0.3, 0.4) is 0 Å². The topological polar surface area (TPSA) is 29.0 Å². The first kappa shape index (κ1) is 10.0. The van der Waals surface area contributed by atoms with Crippen molar-refractivity contribution < 1.29 is 0 Å². The van der Waals surface area contributed by atoms with Gasteiger partial charge in [-0.3, -0.25) is 0 Å². The monoisotopic (exact) mass is 277 g/mol. The van der Waals surface area contributed by atoms with Crippen molar-refractivity contribution in [2.75, 3.05) is 11.9 Å². The van der Waals surface area contributed by atoms with Crippen molar-refractivity contribution in [1.82, 2.24) is 9.97 Å². The van der Waals surface area contributed by atoms with Gasteiger partial charge in [0.15, 0.2) is 0 Å². The average Bonchev–Trinajstić information content (AvgIpc) is 3.12. The fourth-order valence-corrected chi connectivity index (χ4v) is 2.28. The molecule has 0 aliphatic heterocycles. The highest BCUT2D eigenvalue weighted by molar-refractivity contribution is 9.10. The minimum atomic E-state index is 0.639. The zero-order valence-corrected chi connectivity index (χ0v) is 10.6. The average molecular weight is 278 g/mol. The van der Waals surface area contributed by atoms with Gasteiger partial charge >= 0.3 is 0 Å². The molecule has 0 N–H and O–H groups in total. The quantitative estimate of drug-likeness (QED) is 0.845. The summed E-state index contributed by atoms with van der Waals surface area (Å²) < 4.78 is 1.03. The Bertz CT molecular complexity index is 537. The van der Waals surface area contributed by atoms with Gasteiger partial charge in [0.2, 0.25) is 5.95 Å². The molecule has 1 fully saturated rings. The van der Waals surface area contributed by atoms with Crippen LogP contribution in [-0.4, -0.2) is 23.1 Å². The molecule has 0 radical (unpaired) electrons. The van der Waals surface area contributed by atoms with Crippen LogP contribution in [0.1, 0.15) is 12.8 Å². The van der Waals surface area contributed by atoms with E-state index >= 15 is 0 Å². The largest absolute Gasteiger partial charge is 0.341 e. The van der Waals surface area contributed by atoms with Crippen molar-refractivity contribution in [2.24, 2.45) is 0 Å². The van der Waals surface area contributed by atoms with Crippen molar-refractivity contribution in [1.29, 1.82) is 0 Å². The Morgan fingerprint density at radius 2 is 2.19 bits per heavy atom. The molecular formula is C12H12BrN3. The second kappa shape index (κ2) is 3.70. The van der Waals surface area contributed by atoms with Gasteiger partial charge in [-0.15, -0.1) is 0 Å². The first-order valence-corrected chi connectivity index (χ1v) is 6.19. The highest BCUT2D eigenvalue weighted by Gasteiger charge is 2.27. The maximum atomic E-state index is 4.60. The molecule has 0 saturated heterocycles. The predicted octanol–water partition coefficient (Wildman–Crippen LogP) is 2.99. The van der Waals surface area contributed by atoms with Crippen LogP contribution in [0.4, 0.5) is 5.95 Å². The van der Waals surface area contributed by atoms with Crippen LogP contribution in [0.25, 0.3) is 10.9 Å². The van der Waals surface area contributed by atoms with Crippen molar-refractivity contribution in [3.63, 3.8) is 0 Å². The van der Waals surface area contributed by atoms with E-state index in [0.717, 1.165) is 21.3 Å². The third-order valence-electron chi connectivity index (χ3n) is 2.96. The van der Waals surface area contributed by atoms with Crippen molar-refractivity contribution >= 4 is 32.8 Å². The lowest BCUT2D eigenvalue weighted by atomic mass is 10.2. The molecule has 82 valence electrons. The molecule has 0 unspecified atom stereocenters. The standard InChI is InChI=1S/C12H12BrN3/c1-16(9-5-6-9)12-14-7-8-3-2-4-10(13)11(8)15-12/h2-4,7,9H,5-6H2,1H3. The Balaban J connectivity index is 2.10. The molecule has 1 saturated carbocycles. The molecule has 1 aromatic carbocycles. The Morgan fingerprint density at radius 3 is 2.94 bits per heavy atom. The van der Waals surface area contributed by atoms with Crippen LogP contribution in [0.5, 0.6) is 0 Å². The zero-order chi connectivity index (χ0) is 11.1. The summed E-state index contributed by atoms with van der Waals surface area (Å²) in [5.74, 6) is 0.821. The summed E-state index contributed by atoms with van der Waals surface area (Å²) in [4.78, 5) is 11.2. The molecule has 0 bridgehead atoms. The van der Waals surface area contributed by atoms with Gasteiger partial charge in [-0.1, -0.05) is 12.1 Å². The molecule has 1 aromatic heterocycles. The molecule has 0 spiro atoms. The van der Waals surface area contributed by atoms with Crippen molar-refractivity contribution in [3.8, 4) is 0 Å². The lowest BCUT2D eigenvalue weighted by Crippen LogP contribution is -2.21. The van der Waals surface area contributed by atoms with E-state index in [4.69, 9.17) is 0 Å². The molecule has 3 rings (SSSR count). The van der Waals surface area contributed by atoms with E-state index in [1.807, 2.05) is 24.4 Å². The van der Waals surface area contributed by atoms with Crippen LogP contribution in [-0.2, 0) is 0 Å². The molecule has 1 aliphatic rings. The van der Waals surface area contributed by atoms with Gasteiger partial charge < -0.3 is 4.90 Å². The first-order valence-electron chi connectivity index (χ1n) is 5.40. The Hall–Kier alpha value is -1.16. The Morgan fingerprint density at radius 1 is 1.38 bits per heavy atom. The summed E-state index contributed by atoms with van der Waals surface area (Å²) >= 11 is 3.52. The minimum absolute atomic E-state index is 0.639. The number of anilines is 1. The summed E-state index contributed by atoms with van der Waals surface area (Å²) in [6, 6.07) is 6.68. The number of fused-ring (bicyclic) bond motifs is 1. The van der Waals surface area contributed by atoms with E-state index in [1.54, 1.807) is 0 Å². The number of rotatable bonds is 2. The van der Waals surface area contributed by atoms with Crippen LogP contribution in [0.2, 0.25) is 0 Å². The first-order chi connectivity index (χ1) is 7.75. The summed E-state index contributed by atoms with van der Waals surface area (Å²) in [6.45, 7) is 0. The molecule has 3 nitrogen and oxygen atoms in total. The molecule has 2 aromatic rings. The summed E-state index contributed by atoms with van der Waals surface area (Å²) in [5.41, 5.74) is 0.986. The van der Waals surface area contributed by atoms with Gasteiger partial charge in [-0.2, -0.15) is 0 Å². The highest BCUT2D eigenvalue weighted by atomic mass is 79.9. The number of nitrogens with zero attached hydrogens (tertiary/aromatic N) is 3. The number of hydrogen-bond donors (Lipinski definition) is 0. The van der Waals surface area contributed by atoms with Crippen molar-refractivity contribution in [3.05, 3.63) is 28.9 Å². The smallest absolute Gasteiger partial charge is 0.225 e. The zero-order valence-electron chi connectivity index (χ0n) is 9.02. The number of para-hydroxylation sites is 1. The number of benzene rings is 1. The number of aromatic nitrogens is 2. The number of hydrogen-bond acceptors (Lipinski definition) is 3. The maximum absolute atomic E-state index is 4.60. The summed E-state index contributed by atoms with van der Waals surface area (Å²) in [6.07, 6.45) is 4.41. The molecular weight excluding hydrogens is 266 g/mol. The molecule has 4 heteroatoms. The van der Waals surface area contributed by atoms with Gasteiger partial charge in [0.1, 0.15) is 0 Å². The van der Waals surface area contributed by atoms with Gasteiger partial charge in [-0.25, -0.2) is 9.97 Å². The van der Waals surface area contributed by atoms with E-state index in [9.17, 15) is 0 Å². The van der Waals surface area contributed by atoms with Crippen LogP contribution in [0.15, 0.2) is 28.9 Å². The van der Waals surface area contributed by atoms with E-state index < -0.39 is 0 Å². The Labute approximate surface area is 103 Å². The van der Waals surface area contributed by atoms with Crippen LogP contribution < -0.4 is 4.90 Å². The highest BCUT2D eigenvalue weighted by Crippen LogP contribution is 2.29. The van der Waals surface area contributed by atoms with E-state index in [1.165, 1.54) is 12.8 Å².